The Morgan fingerprint density at radius 3 is 2.45 bits per heavy atom. The highest BCUT2D eigenvalue weighted by Gasteiger charge is 2.31. The number of nitrogens with zero attached hydrogens (tertiary/aromatic N) is 5. The number of aryl methyl sites for hydroxylation is 1. The Bertz CT molecular complexity index is 489. The minimum atomic E-state index is 0.380. The van der Waals surface area contributed by atoms with E-state index < -0.39 is 0 Å². The lowest BCUT2D eigenvalue weighted by Gasteiger charge is -2.37. The molecule has 122 valence electrons. The van der Waals surface area contributed by atoms with E-state index in [1.807, 2.05) is 13.0 Å². The molecule has 1 atom stereocenters. The molecular weight excluding hydrogens is 276 g/mol. The Hall–Kier alpha value is -1.40. The largest absolute Gasteiger partial charge is 0.368 e. The van der Waals surface area contributed by atoms with Gasteiger partial charge in [0.2, 0.25) is 5.95 Å². The van der Waals surface area contributed by atoms with Gasteiger partial charge in [0.15, 0.2) is 0 Å². The topological polar surface area (TPSA) is 61.5 Å². The number of piperidine rings is 1. The maximum atomic E-state index is 5.77. The molecule has 0 bridgehead atoms. The van der Waals surface area contributed by atoms with Gasteiger partial charge in [-0.05, 0) is 40.3 Å². The molecule has 2 saturated heterocycles. The van der Waals surface area contributed by atoms with Crippen LogP contribution in [-0.2, 0) is 0 Å². The molecule has 1 aromatic heterocycles. The smallest absolute Gasteiger partial charge is 0.222 e. The second-order valence-electron chi connectivity index (χ2n) is 6.84. The first-order chi connectivity index (χ1) is 10.5. The van der Waals surface area contributed by atoms with E-state index in [2.05, 4.69) is 38.8 Å². The van der Waals surface area contributed by atoms with Crippen LogP contribution in [-0.4, -0.2) is 72.1 Å². The van der Waals surface area contributed by atoms with Crippen LogP contribution in [0.5, 0.6) is 0 Å². The quantitative estimate of drug-likeness (QED) is 0.898. The molecule has 3 rings (SSSR count). The van der Waals surface area contributed by atoms with Crippen LogP contribution in [0.25, 0.3) is 0 Å². The number of nitrogen functional groups attached to an aromatic ring is 1. The van der Waals surface area contributed by atoms with Crippen LogP contribution >= 0.6 is 0 Å². The summed E-state index contributed by atoms with van der Waals surface area (Å²) >= 11 is 0. The van der Waals surface area contributed by atoms with Crippen molar-refractivity contribution in [1.29, 1.82) is 0 Å². The standard InChI is InChI=1S/C16H28N6/c1-12-10-15(19-16(17)18-12)21-7-4-13(5-8-21)22-9-6-14(11-22)20(2)3/h10,13-14H,4-9,11H2,1-3H3,(H2,17,18,19). The zero-order chi connectivity index (χ0) is 15.7. The predicted octanol–water partition coefficient (Wildman–Crippen LogP) is 0.972. The van der Waals surface area contributed by atoms with Gasteiger partial charge in [-0.3, -0.25) is 4.90 Å². The third kappa shape index (κ3) is 3.33. The first-order valence-corrected chi connectivity index (χ1v) is 8.29. The number of likely N-dealkylation sites (tertiary alicyclic amines) is 1. The van der Waals surface area contributed by atoms with Crippen molar-refractivity contribution in [3.05, 3.63) is 11.8 Å². The van der Waals surface area contributed by atoms with Crippen molar-refractivity contribution in [3.8, 4) is 0 Å². The number of likely N-dealkylation sites (N-methyl/N-ethyl adjacent to an activating group) is 1. The molecule has 3 heterocycles. The Balaban J connectivity index is 1.56. The summed E-state index contributed by atoms with van der Waals surface area (Å²) in [5.41, 5.74) is 6.72. The summed E-state index contributed by atoms with van der Waals surface area (Å²) in [6.45, 7) is 6.55. The fourth-order valence-corrected chi connectivity index (χ4v) is 3.72. The summed E-state index contributed by atoms with van der Waals surface area (Å²) in [7, 11) is 4.39. The van der Waals surface area contributed by atoms with Crippen molar-refractivity contribution in [2.45, 2.75) is 38.3 Å². The summed E-state index contributed by atoms with van der Waals surface area (Å²) in [4.78, 5) is 15.9. The number of hydrogen-bond acceptors (Lipinski definition) is 6. The van der Waals surface area contributed by atoms with Crippen molar-refractivity contribution in [1.82, 2.24) is 19.8 Å². The number of rotatable bonds is 3. The van der Waals surface area contributed by atoms with Crippen LogP contribution in [0, 0.1) is 6.92 Å². The Morgan fingerprint density at radius 2 is 1.86 bits per heavy atom. The number of anilines is 2. The van der Waals surface area contributed by atoms with Crippen LogP contribution in [0.2, 0.25) is 0 Å². The van der Waals surface area contributed by atoms with E-state index in [1.165, 1.54) is 32.4 Å². The number of hydrogen-bond donors (Lipinski definition) is 1. The van der Waals surface area contributed by atoms with Gasteiger partial charge in [-0.2, -0.15) is 4.98 Å². The SMILES string of the molecule is Cc1cc(N2CCC(N3CCC(N(C)C)C3)CC2)nc(N)n1. The molecule has 0 spiro atoms. The van der Waals surface area contributed by atoms with E-state index in [4.69, 9.17) is 5.73 Å². The maximum Gasteiger partial charge on any atom is 0.222 e. The second kappa shape index (κ2) is 6.38. The third-order valence-electron chi connectivity index (χ3n) is 5.09. The summed E-state index contributed by atoms with van der Waals surface area (Å²) in [5.74, 6) is 1.36. The van der Waals surface area contributed by atoms with Gasteiger partial charge in [0.1, 0.15) is 5.82 Å². The summed E-state index contributed by atoms with van der Waals surface area (Å²) in [5, 5.41) is 0. The molecule has 2 N–H and O–H groups in total. The Kier molecular flexibility index (Phi) is 4.49. The molecular formula is C16H28N6. The minimum absolute atomic E-state index is 0.380. The molecule has 0 amide bonds. The van der Waals surface area contributed by atoms with Crippen molar-refractivity contribution < 1.29 is 0 Å². The van der Waals surface area contributed by atoms with Gasteiger partial charge in [0.05, 0.1) is 0 Å². The van der Waals surface area contributed by atoms with Gasteiger partial charge in [-0.15, -0.1) is 0 Å². The maximum absolute atomic E-state index is 5.77. The van der Waals surface area contributed by atoms with Crippen LogP contribution in [0.4, 0.5) is 11.8 Å². The Labute approximate surface area is 133 Å². The van der Waals surface area contributed by atoms with Crippen molar-refractivity contribution in [2.75, 3.05) is 50.9 Å². The van der Waals surface area contributed by atoms with Crippen LogP contribution < -0.4 is 10.6 Å². The predicted molar refractivity (Wildman–Crippen MR) is 90.1 cm³/mol. The van der Waals surface area contributed by atoms with Gasteiger partial charge in [-0.25, -0.2) is 4.98 Å². The van der Waals surface area contributed by atoms with Gasteiger partial charge < -0.3 is 15.5 Å². The molecule has 2 aliphatic rings. The molecule has 22 heavy (non-hydrogen) atoms. The van der Waals surface area contributed by atoms with E-state index in [0.29, 0.717) is 5.95 Å². The average molecular weight is 304 g/mol. The van der Waals surface area contributed by atoms with E-state index in [9.17, 15) is 0 Å². The zero-order valence-electron chi connectivity index (χ0n) is 14.0. The number of nitrogens with two attached hydrogens (primary N) is 1. The average Bonchev–Trinajstić information content (AvgIpc) is 2.96. The van der Waals surface area contributed by atoms with Gasteiger partial charge in [0, 0.05) is 50.0 Å². The molecule has 6 heteroatoms. The third-order valence-corrected chi connectivity index (χ3v) is 5.09. The number of aromatic nitrogens is 2. The summed E-state index contributed by atoms with van der Waals surface area (Å²) < 4.78 is 0. The van der Waals surface area contributed by atoms with Gasteiger partial charge >= 0.3 is 0 Å². The molecule has 0 aromatic carbocycles. The zero-order valence-corrected chi connectivity index (χ0v) is 14.0. The van der Waals surface area contributed by atoms with Gasteiger partial charge in [0.25, 0.3) is 0 Å². The van der Waals surface area contributed by atoms with Crippen molar-refractivity contribution >= 4 is 11.8 Å². The van der Waals surface area contributed by atoms with Crippen molar-refractivity contribution in [3.63, 3.8) is 0 Å². The van der Waals surface area contributed by atoms with E-state index in [-0.39, 0.29) is 0 Å². The lowest BCUT2D eigenvalue weighted by Crippen LogP contribution is -2.45. The van der Waals surface area contributed by atoms with Crippen LogP contribution in [0.15, 0.2) is 6.07 Å². The normalized spacial score (nSPS) is 24.4. The molecule has 1 unspecified atom stereocenters. The molecule has 1 aromatic rings. The lowest BCUT2D eigenvalue weighted by molar-refractivity contribution is 0.189. The van der Waals surface area contributed by atoms with Crippen molar-refractivity contribution in [2.24, 2.45) is 0 Å². The second-order valence-corrected chi connectivity index (χ2v) is 6.84. The molecule has 6 nitrogen and oxygen atoms in total. The van der Waals surface area contributed by atoms with E-state index in [0.717, 1.165) is 36.7 Å². The highest BCUT2D eigenvalue weighted by atomic mass is 15.3. The van der Waals surface area contributed by atoms with E-state index >= 15 is 0 Å². The molecule has 0 radical (unpaired) electrons. The van der Waals surface area contributed by atoms with E-state index in [1.54, 1.807) is 0 Å². The fraction of sp³-hybridized carbons (Fsp3) is 0.750. The molecule has 2 aliphatic heterocycles. The lowest BCUT2D eigenvalue weighted by atomic mass is 10.0. The Morgan fingerprint density at radius 1 is 1.14 bits per heavy atom. The minimum Gasteiger partial charge on any atom is -0.368 e. The molecule has 0 saturated carbocycles. The van der Waals surface area contributed by atoms with Crippen LogP contribution in [0.3, 0.4) is 0 Å². The summed E-state index contributed by atoms with van der Waals surface area (Å²) in [6.07, 6.45) is 3.72. The van der Waals surface area contributed by atoms with Crippen LogP contribution in [0.1, 0.15) is 25.0 Å². The summed E-state index contributed by atoms with van der Waals surface area (Å²) in [6, 6.07) is 3.48. The van der Waals surface area contributed by atoms with Gasteiger partial charge in [-0.1, -0.05) is 0 Å². The molecule has 0 aliphatic carbocycles. The highest BCUT2D eigenvalue weighted by Crippen LogP contribution is 2.25. The monoisotopic (exact) mass is 304 g/mol. The fourth-order valence-electron chi connectivity index (χ4n) is 3.72. The first-order valence-electron chi connectivity index (χ1n) is 8.29. The highest BCUT2D eigenvalue weighted by molar-refractivity contribution is 5.43. The molecule has 2 fully saturated rings. The first kappa shape index (κ1) is 15.5.